The first-order valence-electron chi connectivity index (χ1n) is 4.88. The Labute approximate surface area is 98.2 Å². The molecule has 0 aliphatic carbocycles. The molecule has 0 saturated carbocycles. The van der Waals surface area contributed by atoms with Gasteiger partial charge in [-0.2, -0.15) is 0 Å². The lowest BCUT2D eigenvalue weighted by Gasteiger charge is -2.12. The zero-order chi connectivity index (χ0) is 12.1. The molecule has 1 rings (SSSR count). The molecule has 0 heterocycles. The minimum atomic E-state index is -0.883. The molecule has 1 aromatic carbocycles. The maximum Gasteiger partial charge on any atom is 0.304 e. The predicted molar refractivity (Wildman–Crippen MR) is 60.0 cm³/mol. The zero-order valence-electron chi connectivity index (χ0n) is 8.84. The lowest BCUT2D eigenvalue weighted by Crippen LogP contribution is -2.28. The van der Waals surface area contributed by atoms with Crippen molar-refractivity contribution in [1.29, 1.82) is 0 Å². The van der Waals surface area contributed by atoms with Gasteiger partial charge in [-0.3, -0.25) is 4.79 Å². The summed E-state index contributed by atoms with van der Waals surface area (Å²) in [5.74, 6) is -1.23. The molecule has 1 atom stereocenters. The van der Waals surface area contributed by atoms with Crippen LogP contribution >= 0.6 is 11.6 Å². The van der Waals surface area contributed by atoms with Crippen LogP contribution in [0.4, 0.5) is 4.39 Å². The minimum absolute atomic E-state index is 0.00217. The first-order valence-corrected chi connectivity index (χ1v) is 5.26. The lowest BCUT2D eigenvalue weighted by molar-refractivity contribution is -0.137. The fourth-order valence-electron chi connectivity index (χ4n) is 1.30. The first kappa shape index (κ1) is 12.9. The van der Waals surface area contributed by atoms with E-state index in [1.54, 1.807) is 6.92 Å². The maximum atomic E-state index is 13.3. The lowest BCUT2D eigenvalue weighted by atomic mass is 10.2. The number of halogens is 2. The Hall–Kier alpha value is -1.13. The highest BCUT2D eigenvalue weighted by Crippen LogP contribution is 2.14. The normalized spacial score (nSPS) is 12.4. The molecular weight excluding hydrogens is 233 g/mol. The Morgan fingerprint density at radius 1 is 1.62 bits per heavy atom. The second-order valence-corrected chi connectivity index (χ2v) is 4.05. The van der Waals surface area contributed by atoms with Gasteiger partial charge in [-0.15, -0.1) is 0 Å². The molecule has 16 heavy (non-hydrogen) atoms. The predicted octanol–water partition coefficient (Wildman–Crippen LogP) is 2.43. The van der Waals surface area contributed by atoms with Crippen LogP contribution in [-0.2, 0) is 11.3 Å². The quantitative estimate of drug-likeness (QED) is 0.838. The van der Waals surface area contributed by atoms with Gasteiger partial charge >= 0.3 is 5.97 Å². The molecule has 3 nitrogen and oxygen atoms in total. The Morgan fingerprint density at radius 2 is 2.31 bits per heavy atom. The van der Waals surface area contributed by atoms with Gasteiger partial charge in [0.25, 0.3) is 0 Å². The number of hydrogen-bond acceptors (Lipinski definition) is 2. The van der Waals surface area contributed by atoms with E-state index in [0.717, 1.165) is 0 Å². The summed E-state index contributed by atoms with van der Waals surface area (Å²) in [5, 5.41) is 11.9. The van der Waals surface area contributed by atoms with E-state index in [0.29, 0.717) is 10.6 Å². The molecule has 0 fully saturated rings. The Kier molecular flexibility index (Phi) is 4.71. The summed E-state index contributed by atoms with van der Waals surface area (Å²) in [6.07, 6.45) is 0.00217. The molecule has 2 N–H and O–H groups in total. The van der Waals surface area contributed by atoms with E-state index in [4.69, 9.17) is 16.7 Å². The van der Waals surface area contributed by atoms with Gasteiger partial charge in [-0.25, -0.2) is 4.39 Å². The van der Waals surface area contributed by atoms with Crippen molar-refractivity contribution in [2.75, 3.05) is 0 Å². The number of hydrogen-bond donors (Lipinski definition) is 2. The number of carboxylic acid groups (broad SMARTS) is 1. The van der Waals surface area contributed by atoms with Gasteiger partial charge in [0.1, 0.15) is 5.82 Å². The number of benzene rings is 1. The topological polar surface area (TPSA) is 49.3 Å². The van der Waals surface area contributed by atoms with Gasteiger partial charge in [0.05, 0.1) is 6.42 Å². The van der Waals surface area contributed by atoms with Crippen molar-refractivity contribution in [3.63, 3.8) is 0 Å². The molecule has 1 aromatic rings. The summed E-state index contributed by atoms with van der Waals surface area (Å²) in [6.45, 7) is 2.00. The van der Waals surface area contributed by atoms with Crippen molar-refractivity contribution in [1.82, 2.24) is 5.32 Å². The molecule has 0 saturated heterocycles. The monoisotopic (exact) mass is 245 g/mol. The van der Waals surface area contributed by atoms with E-state index in [9.17, 15) is 9.18 Å². The Balaban J connectivity index is 2.54. The number of aliphatic carboxylic acids is 1. The van der Waals surface area contributed by atoms with E-state index in [-0.39, 0.29) is 24.8 Å². The average Bonchev–Trinajstić information content (AvgIpc) is 2.18. The number of carbonyl (C=O) groups is 1. The average molecular weight is 246 g/mol. The first-order chi connectivity index (χ1) is 7.49. The van der Waals surface area contributed by atoms with Crippen LogP contribution in [0, 0.1) is 5.82 Å². The van der Waals surface area contributed by atoms with Crippen LogP contribution in [0.15, 0.2) is 18.2 Å². The third-order valence-electron chi connectivity index (χ3n) is 2.13. The van der Waals surface area contributed by atoms with Crippen molar-refractivity contribution in [3.8, 4) is 0 Å². The van der Waals surface area contributed by atoms with E-state index < -0.39 is 5.97 Å². The van der Waals surface area contributed by atoms with Crippen LogP contribution < -0.4 is 5.32 Å². The van der Waals surface area contributed by atoms with Gasteiger partial charge in [0.15, 0.2) is 0 Å². The minimum Gasteiger partial charge on any atom is -0.481 e. The maximum absolute atomic E-state index is 13.3. The third-order valence-corrected chi connectivity index (χ3v) is 2.36. The summed E-state index contributed by atoms with van der Waals surface area (Å²) in [4.78, 5) is 10.4. The summed E-state index contributed by atoms with van der Waals surface area (Å²) < 4.78 is 13.3. The molecule has 0 aliphatic rings. The van der Waals surface area contributed by atoms with E-state index >= 15 is 0 Å². The molecule has 88 valence electrons. The molecular formula is C11H13ClFNO2. The number of rotatable bonds is 5. The Morgan fingerprint density at radius 3 is 2.94 bits per heavy atom. The molecule has 0 amide bonds. The molecule has 0 aromatic heterocycles. The van der Waals surface area contributed by atoms with E-state index in [2.05, 4.69) is 5.32 Å². The fourth-order valence-corrected chi connectivity index (χ4v) is 1.49. The van der Waals surface area contributed by atoms with Crippen molar-refractivity contribution in [3.05, 3.63) is 34.6 Å². The summed E-state index contributed by atoms with van der Waals surface area (Å²) in [6, 6.07) is 4.08. The molecule has 0 radical (unpaired) electrons. The fraction of sp³-hybridized carbons (Fsp3) is 0.364. The van der Waals surface area contributed by atoms with Crippen LogP contribution in [-0.4, -0.2) is 17.1 Å². The highest BCUT2D eigenvalue weighted by molar-refractivity contribution is 6.30. The highest BCUT2D eigenvalue weighted by atomic mass is 35.5. The zero-order valence-corrected chi connectivity index (χ0v) is 9.59. The number of carboxylic acids is 1. The molecule has 5 heteroatoms. The molecule has 1 unspecified atom stereocenters. The smallest absolute Gasteiger partial charge is 0.304 e. The largest absolute Gasteiger partial charge is 0.481 e. The van der Waals surface area contributed by atoms with Crippen LogP contribution in [0.3, 0.4) is 0 Å². The number of nitrogens with one attached hydrogen (secondary N) is 1. The second-order valence-electron chi connectivity index (χ2n) is 3.62. The standard InChI is InChI=1S/C11H13ClFNO2/c1-7(4-11(15)16)14-6-8-5-9(12)2-3-10(8)13/h2-3,5,7,14H,4,6H2,1H3,(H,15,16). The molecule has 0 bridgehead atoms. The van der Waals surface area contributed by atoms with E-state index in [1.165, 1.54) is 18.2 Å². The second kappa shape index (κ2) is 5.82. The SMILES string of the molecule is CC(CC(=O)O)NCc1cc(Cl)ccc1F. The van der Waals surface area contributed by atoms with Gasteiger partial charge in [0, 0.05) is 23.2 Å². The third kappa shape index (κ3) is 4.16. The molecule has 0 spiro atoms. The van der Waals surface area contributed by atoms with Gasteiger partial charge in [0.2, 0.25) is 0 Å². The van der Waals surface area contributed by atoms with Crippen molar-refractivity contribution in [2.24, 2.45) is 0 Å². The van der Waals surface area contributed by atoms with E-state index in [1.807, 2.05) is 0 Å². The van der Waals surface area contributed by atoms with Gasteiger partial charge < -0.3 is 10.4 Å². The highest BCUT2D eigenvalue weighted by Gasteiger charge is 2.08. The van der Waals surface area contributed by atoms with Crippen molar-refractivity contribution >= 4 is 17.6 Å². The summed E-state index contributed by atoms with van der Waals surface area (Å²) >= 11 is 5.73. The summed E-state index contributed by atoms with van der Waals surface area (Å²) in [7, 11) is 0. The van der Waals surface area contributed by atoms with Crippen molar-refractivity contribution < 1.29 is 14.3 Å². The van der Waals surface area contributed by atoms with Crippen LogP contribution in [0.1, 0.15) is 18.9 Å². The van der Waals surface area contributed by atoms with Crippen molar-refractivity contribution in [2.45, 2.75) is 25.9 Å². The van der Waals surface area contributed by atoms with Gasteiger partial charge in [-0.1, -0.05) is 11.6 Å². The Bertz CT molecular complexity index is 384. The van der Waals surface area contributed by atoms with Crippen LogP contribution in [0.25, 0.3) is 0 Å². The summed E-state index contributed by atoms with van der Waals surface area (Å²) in [5.41, 5.74) is 0.435. The molecule has 0 aliphatic heterocycles. The van der Waals surface area contributed by atoms with Crippen LogP contribution in [0.2, 0.25) is 5.02 Å². The van der Waals surface area contributed by atoms with Crippen LogP contribution in [0.5, 0.6) is 0 Å². The van der Waals surface area contributed by atoms with Gasteiger partial charge in [-0.05, 0) is 25.1 Å².